The molecular formula is C11H17NO2S. The first-order chi connectivity index (χ1) is 7.27. The molecule has 0 saturated carbocycles. The van der Waals surface area contributed by atoms with Gasteiger partial charge in [-0.1, -0.05) is 0 Å². The zero-order valence-electron chi connectivity index (χ0n) is 8.76. The second-order valence-electron chi connectivity index (χ2n) is 4.94. The lowest BCUT2D eigenvalue weighted by molar-refractivity contribution is -0.142. The maximum absolute atomic E-state index is 11.1. The van der Waals surface area contributed by atoms with Crippen LogP contribution in [0.2, 0.25) is 0 Å². The zero-order chi connectivity index (χ0) is 10.4. The Labute approximate surface area is 94.2 Å². The molecule has 3 rings (SSSR count). The van der Waals surface area contributed by atoms with Crippen molar-refractivity contribution in [2.45, 2.75) is 43.8 Å². The van der Waals surface area contributed by atoms with Gasteiger partial charge in [-0.05, 0) is 31.4 Å². The van der Waals surface area contributed by atoms with E-state index >= 15 is 0 Å². The molecule has 2 bridgehead atoms. The fourth-order valence-corrected chi connectivity index (χ4v) is 4.84. The molecule has 3 nitrogen and oxygen atoms in total. The molecule has 3 aliphatic rings. The summed E-state index contributed by atoms with van der Waals surface area (Å²) in [6.45, 7) is 0. The number of rotatable bonds is 2. The third kappa shape index (κ3) is 1.49. The van der Waals surface area contributed by atoms with Crippen LogP contribution in [0.4, 0.5) is 0 Å². The van der Waals surface area contributed by atoms with Gasteiger partial charge in [-0.15, -0.1) is 0 Å². The minimum atomic E-state index is -0.571. The van der Waals surface area contributed by atoms with E-state index in [0.717, 1.165) is 12.8 Å². The van der Waals surface area contributed by atoms with Crippen molar-refractivity contribution < 1.29 is 9.90 Å². The van der Waals surface area contributed by atoms with Gasteiger partial charge in [-0.3, -0.25) is 9.69 Å². The van der Waals surface area contributed by atoms with Crippen molar-refractivity contribution in [3.8, 4) is 0 Å². The minimum Gasteiger partial charge on any atom is -0.481 e. The quantitative estimate of drug-likeness (QED) is 0.775. The number of carbonyl (C=O) groups is 1. The number of aliphatic carboxylic acids is 1. The second-order valence-corrected chi connectivity index (χ2v) is 6.09. The lowest BCUT2D eigenvalue weighted by Crippen LogP contribution is -2.41. The monoisotopic (exact) mass is 227 g/mol. The van der Waals surface area contributed by atoms with Crippen LogP contribution in [-0.4, -0.2) is 45.6 Å². The molecule has 15 heavy (non-hydrogen) atoms. The summed E-state index contributed by atoms with van der Waals surface area (Å²) in [5, 5.41) is 9.16. The Hall–Kier alpha value is -0.220. The number of fused-ring (bicyclic) bond motifs is 2. The number of carboxylic acid groups (broad SMARTS) is 1. The maximum Gasteiger partial charge on any atom is 0.308 e. The second kappa shape index (κ2) is 3.67. The van der Waals surface area contributed by atoms with Crippen LogP contribution in [0.5, 0.6) is 0 Å². The number of hydrogen-bond acceptors (Lipinski definition) is 3. The third-order valence-corrected chi connectivity index (χ3v) is 5.38. The van der Waals surface area contributed by atoms with Crippen LogP contribution >= 0.6 is 11.8 Å². The predicted octanol–water partition coefficient (Wildman–Crippen LogP) is 1.43. The molecule has 4 heteroatoms. The lowest BCUT2D eigenvalue weighted by atomic mass is 9.89. The number of hydrogen-bond donors (Lipinski definition) is 1. The lowest BCUT2D eigenvalue weighted by Gasteiger charge is -2.28. The average molecular weight is 227 g/mol. The molecule has 0 aromatic carbocycles. The van der Waals surface area contributed by atoms with Gasteiger partial charge in [0.1, 0.15) is 0 Å². The summed E-state index contributed by atoms with van der Waals surface area (Å²) in [5.41, 5.74) is 0. The van der Waals surface area contributed by atoms with E-state index in [2.05, 4.69) is 4.90 Å². The first kappa shape index (κ1) is 9.97. The molecular weight excluding hydrogens is 210 g/mol. The van der Waals surface area contributed by atoms with Gasteiger partial charge in [0.05, 0.1) is 5.92 Å². The summed E-state index contributed by atoms with van der Waals surface area (Å²) in [5.74, 6) is 1.84. The Morgan fingerprint density at radius 1 is 1.27 bits per heavy atom. The molecule has 0 spiro atoms. The first-order valence-electron chi connectivity index (χ1n) is 5.85. The van der Waals surface area contributed by atoms with E-state index in [-0.39, 0.29) is 5.92 Å². The fourth-order valence-electron chi connectivity index (χ4n) is 3.62. The van der Waals surface area contributed by atoms with E-state index in [9.17, 15) is 4.79 Å². The van der Waals surface area contributed by atoms with E-state index in [1.165, 1.54) is 24.3 Å². The fraction of sp³-hybridized carbons (Fsp3) is 0.909. The van der Waals surface area contributed by atoms with E-state index in [1.54, 1.807) is 0 Å². The van der Waals surface area contributed by atoms with Crippen molar-refractivity contribution in [2.75, 3.05) is 11.5 Å². The van der Waals surface area contributed by atoms with E-state index in [0.29, 0.717) is 18.1 Å². The van der Waals surface area contributed by atoms with E-state index in [4.69, 9.17) is 5.11 Å². The molecule has 3 fully saturated rings. The van der Waals surface area contributed by atoms with Crippen LogP contribution in [0, 0.1) is 5.92 Å². The first-order valence-corrected chi connectivity index (χ1v) is 7.01. The van der Waals surface area contributed by atoms with Gasteiger partial charge in [0.2, 0.25) is 0 Å². The summed E-state index contributed by atoms with van der Waals surface area (Å²) >= 11 is 2.02. The highest BCUT2D eigenvalue weighted by Gasteiger charge is 2.51. The summed E-state index contributed by atoms with van der Waals surface area (Å²) in [4.78, 5) is 13.7. The average Bonchev–Trinajstić information content (AvgIpc) is 2.90. The Morgan fingerprint density at radius 3 is 2.73 bits per heavy atom. The highest BCUT2D eigenvalue weighted by atomic mass is 32.2. The van der Waals surface area contributed by atoms with Crippen molar-refractivity contribution in [2.24, 2.45) is 5.92 Å². The Kier molecular flexibility index (Phi) is 2.44. The molecule has 3 saturated heterocycles. The number of thioether (sulfide) groups is 1. The SMILES string of the molecule is O=C(O)C1CC2CCC1N2C1CCSC1. The molecule has 3 heterocycles. The van der Waals surface area contributed by atoms with Crippen molar-refractivity contribution in [3.05, 3.63) is 0 Å². The van der Waals surface area contributed by atoms with Crippen LogP contribution < -0.4 is 0 Å². The van der Waals surface area contributed by atoms with E-state index in [1.807, 2.05) is 11.8 Å². The van der Waals surface area contributed by atoms with Crippen LogP contribution in [0.3, 0.4) is 0 Å². The van der Waals surface area contributed by atoms with Crippen LogP contribution in [0.25, 0.3) is 0 Å². The summed E-state index contributed by atoms with van der Waals surface area (Å²) in [6.07, 6.45) is 4.52. The van der Waals surface area contributed by atoms with Crippen LogP contribution in [0.15, 0.2) is 0 Å². The smallest absolute Gasteiger partial charge is 0.308 e. The van der Waals surface area contributed by atoms with Crippen LogP contribution in [-0.2, 0) is 4.79 Å². The summed E-state index contributed by atoms with van der Waals surface area (Å²) in [7, 11) is 0. The molecule has 0 aromatic heterocycles. The normalized spacial score (nSPS) is 45.1. The molecule has 0 amide bonds. The Bertz CT molecular complexity index is 278. The van der Waals surface area contributed by atoms with Gasteiger partial charge in [0.25, 0.3) is 0 Å². The highest BCUT2D eigenvalue weighted by molar-refractivity contribution is 7.99. The summed E-state index contributed by atoms with van der Waals surface area (Å²) < 4.78 is 0. The maximum atomic E-state index is 11.1. The van der Waals surface area contributed by atoms with Crippen molar-refractivity contribution >= 4 is 17.7 Å². The van der Waals surface area contributed by atoms with Gasteiger partial charge in [0, 0.05) is 23.9 Å². The molecule has 4 unspecified atom stereocenters. The summed E-state index contributed by atoms with van der Waals surface area (Å²) in [6, 6.07) is 1.62. The van der Waals surface area contributed by atoms with Crippen molar-refractivity contribution in [1.82, 2.24) is 4.90 Å². The molecule has 4 atom stereocenters. The van der Waals surface area contributed by atoms with Crippen molar-refractivity contribution in [3.63, 3.8) is 0 Å². The third-order valence-electron chi connectivity index (χ3n) is 4.24. The Balaban J connectivity index is 1.77. The Morgan fingerprint density at radius 2 is 2.13 bits per heavy atom. The number of carboxylic acids is 1. The molecule has 84 valence electrons. The molecule has 3 aliphatic heterocycles. The standard InChI is InChI=1S/C11H17NO2S/c13-11(14)9-5-7-1-2-10(9)12(7)8-3-4-15-6-8/h7-10H,1-6H2,(H,13,14). The molecule has 0 radical (unpaired) electrons. The number of nitrogens with zero attached hydrogens (tertiary/aromatic N) is 1. The molecule has 1 N–H and O–H groups in total. The van der Waals surface area contributed by atoms with Gasteiger partial charge >= 0.3 is 5.97 Å². The predicted molar refractivity (Wildman–Crippen MR) is 60.1 cm³/mol. The van der Waals surface area contributed by atoms with Crippen molar-refractivity contribution in [1.29, 1.82) is 0 Å². The zero-order valence-corrected chi connectivity index (χ0v) is 9.58. The van der Waals surface area contributed by atoms with Crippen LogP contribution in [0.1, 0.15) is 25.7 Å². The highest BCUT2D eigenvalue weighted by Crippen LogP contribution is 2.45. The largest absolute Gasteiger partial charge is 0.481 e. The van der Waals surface area contributed by atoms with Gasteiger partial charge in [-0.2, -0.15) is 11.8 Å². The topological polar surface area (TPSA) is 40.5 Å². The minimum absolute atomic E-state index is 0.0747. The van der Waals surface area contributed by atoms with Gasteiger partial charge in [0.15, 0.2) is 0 Å². The van der Waals surface area contributed by atoms with Gasteiger partial charge in [-0.25, -0.2) is 0 Å². The van der Waals surface area contributed by atoms with Gasteiger partial charge < -0.3 is 5.11 Å². The molecule has 0 aromatic rings. The molecule has 0 aliphatic carbocycles. The van der Waals surface area contributed by atoms with E-state index < -0.39 is 5.97 Å².